The van der Waals surface area contributed by atoms with Crippen LogP contribution in [-0.4, -0.2) is 36.5 Å². The van der Waals surface area contributed by atoms with Crippen molar-refractivity contribution < 1.29 is 14.3 Å². The first-order valence-corrected chi connectivity index (χ1v) is 6.08. The van der Waals surface area contributed by atoms with Gasteiger partial charge in [0.2, 0.25) is 5.91 Å². The van der Waals surface area contributed by atoms with E-state index in [4.69, 9.17) is 4.74 Å². The molecular weight excluding hydrogens is 218 g/mol. The molecular formula is C13H23NO3. The van der Waals surface area contributed by atoms with Crippen LogP contribution in [-0.2, 0) is 14.3 Å². The van der Waals surface area contributed by atoms with E-state index in [-0.39, 0.29) is 18.3 Å². The number of hydrogen-bond acceptors (Lipinski definition) is 3. The average Bonchev–Trinajstić information content (AvgIpc) is 2.30. The Morgan fingerprint density at radius 3 is 2.47 bits per heavy atom. The van der Waals surface area contributed by atoms with Crippen LogP contribution in [0.4, 0.5) is 0 Å². The Bertz CT molecular complexity index is 261. The topological polar surface area (TPSA) is 46.6 Å². The van der Waals surface area contributed by atoms with Crippen LogP contribution >= 0.6 is 0 Å². The molecule has 98 valence electrons. The quantitative estimate of drug-likeness (QED) is 0.482. The molecule has 0 radical (unpaired) electrons. The van der Waals surface area contributed by atoms with Gasteiger partial charge in [0.1, 0.15) is 0 Å². The predicted molar refractivity (Wildman–Crippen MR) is 67.5 cm³/mol. The van der Waals surface area contributed by atoms with Crippen molar-refractivity contribution in [2.75, 3.05) is 19.7 Å². The van der Waals surface area contributed by atoms with Crippen LogP contribution in [0.25, 0.3) is 0 Å². The number of nitrogens with zero attached hydrogens (tertiary/aromatic N) is 1. The van der Waals surface area contributed by atoms with Crippen LogP contribution in [0.15, 0.2) is 12.7 Å². The van der Waals surface area contributed by atoms with Gasteiger partial charge in [-0.15, -0.1) is 0 Å². The van der Waals surface area contributed by atoms with Gasteiger partial charge in [-0.1, -0.05) is 27.4 Å². The zero-order valence-electron chi connectivity index (χ0n) is 11.1. The molecule has 0 spiro atoms. The SMILES string of the molecule is C=CC(=O)N(CCC)CCC(=O)OCC(C)C. The lowest BCUT2D eigenvalue weighted by Gasteiger charge is -2.19. The Morgan fingerprint density at radius 1 is 1.35 bits per heavy atom. The highest BCUT2D eigenvalue weighted by molar-refractivity contribution is 5.87. The van der Waals surface area contributed by atoms with E-state index in [2.05, 4.69) is 6.58 Å². The van der Waals surface area contributed by atoms with Crippen molar-refractivity contribution in [3.63, 3.8) is 0 Å². The fourth-order valence-electron chi connectivity index (χ4n) is 1.29. The minimum absolute atomic E-state index is 0.136. The van der Waals surface area contributed by atoms with Gasteiger partial charge >= 0.3 is 5.97 Å². The first kappa shape index (κ1) is 15.7. The summed E-state index contributed by atoms with van der Waals surface area (Å²) >= 11 is 0. The van der Waals surface area contributed by atoms with Gasteiger partial charge in [-0.25, -0.2) is 0 Å². The van der Waals surface area contributed by atoms with Crippen LogP contribution in [0, 0.1) is 5.92 Å². The number of hydrogen-bond donors (Lipinski definition) is 0. The van der Waals surface area contributed by atoms with Crippen molar-refractivity contribution in [2.45, 2.75) is 33.6 Å². The molecule has 0 N–H and O–H groups in total. The summed E-state index contributed by atoms with van der Waals surface area (Å²) in [5.41, 5.74) is 0. The van der Waals surface area contributed by atoms with E-state index in [0.717, 1.165) is 6.42 Å². The van der Waals surface area contributed by atoms with Crippen LogP contribution < -0.4 is 0 Å². The summed E-state index contributed by atoms with van der Waals surface area (Å²) in [6, 6.07) is 0. The molecule has 0 aliphatic heterocycles. The molecule has 0 bridgehead atoms. The second-order valence-electron chi connectivity index (χ2n) is 4.36. The van der Waals surface area contributed by atoms with Crippen molar-refractivity contribution in [3.05, 3.63) is 12.7 Å². The van der Waals surface area contributed by atoms with E-state index in [0.29, 0.717) is 25.6 Å². The number of ether oxygens (including phenoxy) is 1. The molecule has 0 aromatic carbocycles. The summed E-state index contributed by atoms with van der Waals surface area (Å²) < 4.78 is 5.04. The Balaban J connectivity index is 3.99. The maximum atomic E-state index is 11.4. The summed E-state index contributed by atoms with van der Waals surface area (Å²) in [4.78, 5) is 24.4. The largest absolute Gasteiger partial charge is 0.465 e. The van der Waals surface area contributed by atoms with E-state index in [1.54, 1.807) is 4.90 Å². The molecule has 4 nitrogen and oxygen atoms in total. The minimum Gasteiger partial charge on any atom is -0.465 e. The van der Waals surface area contributed by atoms with Crippen molar-refractivity contribution in [2.24, 2.45) is 5.92 Å². The third-order valence-corrected chi connectivity index (χ3v) is 2.14. The highest BCUT2D eigenvalue weighted by atomic mass is 16.5. The second kappa shape index (κ2) is 8.79. The van der Waals surface area contributed by atoms with Crippen molar-refractivity contribution in [3.8, 4) is 0 Å². The number of amides is 1. The average molecular weight is 241 g/mol. The molecule has 0 aromatic heterocycles. The molecule has 0 aliphatic rings. The van der Waals surface area contributed by atoms with Crippen LogP contribution in [0.3, 0.4) is 0 Å². The molecule has 0 saturated carbocycles. The van der Waals surface area contributed by atoms with Gasteiger partial charge in [0.05, 0.1) is 13.0 Å². The van der Waals surface area contributed by atoms with Crippen LogP contribution in [0.5, 0.6) is 0 Å². The highest BCUT2D eigenvalue weighted by Gasteiger charge is 2.12. The van der Waals surface area contributed by atoms with Gasteiger partial charge < -0.3 is 9.64 Å². The van der Waals surface area contributed by atoms with Crippen molar-refractivity contribution >= 4 is 11.9 Å². The highest BCUT2D eigenvalue weighted by Crippen LogP contribution is 2.00. The lowest BCUT2D eigenvalue weighted by Crippen LogP contribution is -2.32. The maximum absolute atomic E-state index is 11.4. The van der Waals surface area contributed by atoms with Crippen LogP contribution in [0.1, 0.15) is 33.6 Å². The molecule has 0 aliphatic carbocycles. The van der Waals surface area contributed by atoms with Crippen LogP contribution in [0.2, 0.25) is 0 Å². The lowest BCUT2D eigenvalue weighted by molar-refractivity contribution is -0.145. The van der Waals surface area contributed by atoms with Gasteiger partial charge in [0.25, 0.3) is 0 Å². The van der Waals surface area contributed by atoms with E-state index >= 15 is 0 Å². The molecule has 0 aromatic rings. The van der Waals surface area contributed by atoms with E-state index in [1.165, 1.54) is 6.08 Å². The van der Waals surface area contributed by atoms with Gasteiger partial charge in [0, 0.05) is 13.1 Å². The number of carbonyl (C=O) groups is 2. The van der Waals surface area contributed by atoms with Crippen molar-refractivity contribution in [1.82, 2.24) is 4.90 Å². The third-order valence-electron chi connectivity index (χ3n) is 2.14. The van der Waals surface area contributed by atoms with Gasteiger partial charge in [-0.05, 0) is 18.4 Å². The van der Waals surface area contributed by atoms with Gasteiger partial charge in [-0.2, -0.15) is 0 Å². The number of esters is 1. The second-order valence-corrected chi connectivity index (χ2v) is 4.36. The van der Waals surface area contributed by atoms with Gasteiger partial charge in [0.15, 0.2) is 0 Å². The van der Waals surface area contributed by atoms with E-state index in [9.17, 15) is 9.59 Å². The first-order valence-electron chi connectivity index (χ1n) is 6.08. The molecule has 0 atom stereocenters. The molecule has 17 heavy (non-hydrogen) atoms. The minimum atomic E-state index is -0.253. The fourth-order valence-corrected chi connectivity index (χ4v) is 1.29. The third kappa shape index (κ3) is 7.55. The Hall–Kier alpha value is -1.32. The molecule has 0 rings (SSSR count). The zero-order valence-corrected chi connectivity index (χ0v) is 11.1. The molecule has 4 heteroatoms. The normalized spacial score (nSPS) is 10.1. The summed E-state index contributed by atoms with van der Waals surface area (Å²) in [5, 5.41) is 0. The number of rotatable bonds is 8. The lowest BCUT2D eigenvalue weighted by atomic mass is 10.2. The molecule has 0 fully saturated rings. The summed E-state index contributed by atoms with van der Waals surface area (Å²) in [5.74, 6) is -0.0549. The molecule has 0 heterocycles. The zero-order chi connectivity index (χ0) is 13.3. The van der Waals surface area contributed by atoms with Crippen molar-refractivity contribution in [1.29, 1.82) is 0 Å². The number of carbonyl (C=O) groups excluding carboxylic acids is 2. The first-order chi connectivity index (χ1) is 8.01. The molecule has 0 unspecified atom stereocenters. The predicted octanol–water partition coefficient (Wildman–Crippen LogP) is 2.00. The fraction of sp³-hybridized carbons (Fsp3) is 0.692. The Morgan fingerprint density at radius 2 is 2.00 bits per heavy atom. The summed E-state index contributed by atoms with van der Waals surface area (Å²) in [6.07, 6.45) is 2.38. The Kier molecular flexibility index (Phi) is 8.11. The summed E-state index contributed by atoms with van der Waals surface area (Å²) in [6.45, 7) is 10.9. The Labute approximate surface area is 104 Å². The van der Waals surface area contributed by atoms with Gasteiger partial charge in [-0.3, -0.25) is 9.59 Å². The van der Waals surface area contributed by atoms with E-state index in [1.807, 2.05) is 20.8 Å². The maximum Gasteiger partial charge on any atom is 0.307 e. The molecule has 1 amide bonds. The molecule has 0 saturated heterocycles. The summed E-state index contributed by atoms with van der Waals surface area (Å²) in [7, 11) is 0. The monoisotopic (exact) mass is 241 g/mol. The van der Waals surface area contributed by atoms with E-state index < -0.39 is 0 Å². The standard InChI is InChI=1S/C13H23NO3/c1-5-8-14(12(15)6-2)9-7-13(16)17-10-11(3)4/h6,11H,2,5,7-10H2,1,3-4H3. The smallest absolute Gasteiger partial charge is 0.307 e.